The summed E-state index contributed by atoms with van der Waals surface area (Å²) in [7, 11) is 1.59. The summed E-state index contributed by atoms with van der Waals surface area (Å²) >= 11 is 0. The van der Waals surface area contributed by atoms with Gasteiger partial charge in [0.25, 0.3) is 0 Å². The number of methoxy groups -OCH3 is 1. The number of esters is 1. The largest absolute Gasteiger partial charge is 0.497 e. The molecule has 1 fully saturated rings. The SMILES string of the molecule is CCC[C@@H](CC1(C(=O)N[C@H](COCc2cccc(OC)c2)CC(=O)O)CCCC1)C(=O)OC(C)(C)C. The maximum atomic E-state index is 13.6. The van der Waals surface area contributed by atoms with E-state index in [1.54, 1.807) is 7.11 Å². The molecule has 2 N–H and O–H groups in total. The second kappa shape index (κ2) is 13.6. The lowest BCUT2D eigenvalue weighted by Crippen LogP contribution is -2.48. The molecule has 0 radical (unpaired) electrons. The zero-order valence-electron chi connectivity index (χ0n) is 22.4. The summed E-state index contributed by atoms with van der Waals surface area (Å²) in [4.78, 5) is 38.0. The molecule has 0 spiro atoms. The van der Waals surface area contributed by atoms with Gasteiger partial charge in [0.1, 0.15) is 11.4 Å². The van der Waals surface area contributed by atoms with Gasteiger partial charge in [0, 0.05) is 0 Å². The summed E-state index contributed by atoms with van der Waals surface area (Å²) < 4.78 is 16.7. The van der Waals surface area contributed by atoms with Crippen LogP contribution in [0.4, 0.5) is 0 Å². The van der Waals surface area contributed by atoms with E-state index in [4.69, 9.17) is 14.2 Å². The van der Waals surface area contributed by atoms with Gasteiger partial charge >= 0.3 is 11.9 Å². The Morgan fingerprint density at radius 1 is 1.17 bits per heavy atom. The molecule has 0 aliphatic heterocycles. The Balaban J connectivity index is 2.09. The van der Waals surface area contributed by atoms with Gasteiger partial charge in [0.05, 0.1) is 44.1 Å². The van der Waals surface area contributed by atoms with Crippen molar-refractivity contribution in [2.75, 3.05) is 13.7 Å². The van der Waals surface area contributed by atoms with Crippen molar-refractivity contribution in [3.05, 3.63) is 29.8 Å². The summed E-state index contributed by atoms with van der Waals surface area (Å²) in [5.74, 6) is -1.14. The smallest absolute Gasteiger partial charge is 0.309 e. The molecule has 1 amide bonds. The normalized spacial score (nSPS) is 16.7. The Morgan fingerprint density at radius 2 is 1.86 bits per heavy atom. The molecule has 202 valence electrons. The van der Waals surface area contributed by atoms with E-state index < -0.39 is 23.0 Å². The van der Waals surface area contributed by atoms with Crippen molar-refractivity contribution in [1.29, 1.82) is 0 Å². The third kappa shape index (κ3) is 9.45. The van der Waals surface area contributed by atoms with Crippen molar-refractivity contribution in [1.82, 2.24) is 5.32 Å². The lowest BCUT2D eigenvalue weighted by Gasteiger charge is -2.33. The van der Waals surface area contributed by atoms with Crippen LogP contribution in [0.5, 0.6) is 5.75 Å². The van der Waals surface area contributed by atoms with Crippen LogP contribution < -0.4 is 10.1 Å². The number of rotatable bonds is 14. The third-order valence-corrected chi connectivity index (χ3v) is 6.53. The first-order valence-electron chi connectivity index (χ1n) is 12.9. The van der Waals surface area contributed by atoms with Crippen LogP contribution in [0.15, 0.2) is 24.3 Å². The molecule has 8 heteroatoms. The van der Waals surface area contributed by atoms with Crippen molar-refractivity contribution < 1.29 is 33.7 Å². The number of benzene rings is 1. The molecule has 1 aromatic carbocycles. The minimum absolute atomic E-state index is 0.0653. The number of carboxylic acids is 1. The average Bonchev–Trinajstić information content (AvgIpc) is 3.27. The van der Waals surface area contributed by atoms with Gasteiger partial charge in [-0.25, -0.2) is 0 Å². The van der Waals surface area contributed by atoms with Gasteiger partial charge in [-0.05, 0) is 64.2 Å². The zero-order valence-corrected chi connectivity index (χ0v) is 22.4. The van der Waals surface area contributed by atoms with Crippen LogP contribution in [0.25, 0.3) is 0 Å². The number of hydrogen-bond donors (Lipinski definition) is 2. The molecular weight excluding hydrogens is 462 g/mol. The predicted molar refractivity (Wildman–Crippen MR) is 137 cm³/mol. The van der Waals surface area contributed by atoms with Crippen LogP contribution in [0, 0.1) is 11.3 Å². The molecule has 2 atom stereocenters. The van der Waals surface area contributed by atoms with Crippen LogP contribution in [0.3, 0.4) is 0 Å². The molecule has 36 heavy (non-hydrogen) atoms. The van der Waals surface area contributed by atoms with Gasteiger partial charge in [-0.1, -0.05) is 38.3 Å². The van der Waals surface area contributed by atoms with Crippen molar-refractivity contribution in [3.63, 3.8) is 0 Å². The highest BCUT2D eigenvalue weighted by Crippen LogP contribution is 2.45. The van der Waals surface area contributed by atoms with Gasteiger partial charge in [0.15, 0.2) is 0 Å². The average molecular weight is 506 g/mol. The van der Waals surface area contributed by atoms with E-state index in [1.165, 1.54) is 0 Å². The van der Waals surface area contributed by atoms with Gasteiger partial charge in [0.2, 0.25) is 5.91 Å². The number of aliphatic carboxylic acids is 1. The van der Waals surface area contributed by atoms with Crippen LogP contribution in [-0.2, 0) is 30.5 Å². The van der Waals surface area contributed by atoms with E-state index in [0.717, 1.165) is 24.8 Å². The van der Waals surface area contributed by atoms with Crippen molar-refractivity contribution in [3.8, 4) is 5.75 Å². The molecule has 1 aliphatic rings. The topological polar surface area (TPSA) is 111 Å². The second-order valence-electron chi connectivity index (χ2n) is 10.8. The van der Waals surface area contributed by atoms with Crippen LogP contribution in [-0.4, -0.2) is 48.3 Å². The van der Waals surface area contributed by atoms with E-state index in [-0.39, 0.29) is 37.4 Å². The molecule has 1 saturated carbocycles. The minimum Gasteiger partial charge on any atom is -0.497 e. The zero-order chi connectivity index (χ0) is 26.8. The minimum atomic E-state index is -1.01. The molecule has 0 heterocycles. The van der Waals surface area contributed by atoms with Crippen molar-refractivity contribution in [2.24, 2.45) is 11.3 Å². The first-order chi connectivity index (χ1) is 17.0. The molecular formula is C28H43NO7. The molecule has 0 unspecified atom stereocenters. The Bertz CT molecular complexity index is 871. The van der Waals surface area contributed by atoms with E-state index in [1.807, 2.05) is 52.0 Å². The van der Waals surface area contributed by atoms with Gasteiger partial charge in [-0.2, -0.15) is 0 Å². The molecule has 2 rings (SSSR count). The lowest BCUT2D eigenvalue weighted by atomic mass is 9.75. The first kappa shape index (κ1) is 29.6. The number of carbonyl (C=O) groups is 3. The number of carboxylic acid groups (broad SMARTS) is 1. The van der Waals surface area contributed by atoms with Crippen LogP contribution in [0.1, 0.15) is 84.6 Å². The predicted octanol–water partition coefficient (Wildman–Crippen LogP) is 4.88. The molecule has 1 aromatic rings. The maximum absolute atomic E-state index is 13.6. The fourth-order valence-electron chi connectivity index (χ4n) is 4.87. The number of amides is 1. The molecule has 1 aliphatic carbocycles. The molecule has 0 aromatic heterocycles. The van der Waals surface area contributed by atoms with Crippen molar-refractivity contribution >= 4 is 17.8 Å². The summed E-state index contributed by atoms with van der Waals surface area (Å²) in [6, 6.07) is 6.76. The number of nitrogens with one attached hydrogen (secondary N) is 1. The van der Waals surface area contributed by atoms with Gasteiger partial charge in [-0.15, -0.1) is 0 Å². The summed E-state index contributed by atoms with van der Waals surface area (Å²) in [5, 5.41) is 12.4. The highest BCUT2D eigenvalue weighted by Gasteiger charge is 2.45. The van der Waals surface area contributed by atoms with Crippen molar-refractivity contribution in [2.45, 2.75) is 97.3 Å². The fraction of sp³-hybridized carbons (Fsp3) is 0.679. The monoisotopic (exact) mass is 505 g/mol. The van der Waals surface area contributed by atoms with E-state index in [0.29, 0.717) is 31.4 Å². The molecule has 0 bridgehead atoms. The highest BCUT2D eigenvalue weighted by atomic mass is 16.6. The first-order valence-corrected chi connectivity index (χ1v) is 12.9. The molecule has 8 nitrogen and oxygen atoms in total. The standard InChI is InChI=1S/C28H43NO7/c1-6-10-21(25(32)36-27(2,3)4)17-28(13-7-8-14-28)26(33)29-22(16-24(30)31)19-35-18-20-11-9-12-23(15-20)34-5/h9,11-12,15,21-22H,6-8,10,13-14,16-19H2,1-5H3,(H,29,33)(H,30,31)/t21-,22-/m0/s1. The third-order valence-electron chi connectivity index (χ3n) is 6.53. The fourth-order valence-corrected chi connectivity index (χ4v) is 4.87. The Kier molecular flexibility index (Phi) is 11.2. The Morgan fingerprint density at radius 3 is 2.44 bits per heavy atom. The summed E-state index contributed by atoms with van der Waals surface area (Å²) in [6.45, 7) is 7.87. The number of ether oxygens (including phenoxy) is 3. The highest BCUT2D eigenvalue weighted by molar-refractivity contribution is 5.85. The Hall–Kier alpha value is -2.61. The lowest BCUT2D eigenvalue weighted by molar-refractivity contribution is -0.162. The second-order valence-corrected chi connectivity index (χ2v) is 10.8. The Labute approximate surface area is 215 Å². The quantitative estimate of drug-likeness (QED) is 0.347. The maximum Gasteiger partial charge on any atom is 0.309 e. The number of hydrogen-bond acceptors (Lipinski definition) is 6. The van der Waals surface area contributed by atoms with Gasteiger partial charge in [-0.3, -0.25) is 14.4 Å². The van der Waals surface area contributed by atoms with E-state index in [9.17, 15) is 19.5 Å². The van der Waals surface area contributed by atoms with Crippen LogP contribution >= 0.6 is 0 Å². The summed E-state index contributed by atoms with van der Waals surface area (Å²) in [6.07, 6.45) is 4.76. The number of carbonyl (C=O) groups excluding carboxylic acids is 2. The van der Waals surface area contributed by atoms with Crippen LogP contribution in [0.2, 0.25) is 0 Å². The summed E-state index contributed by atoms with van der Waals surface area (Å²) in [5.41, 5.74) is -0.414. The van der Waals surface area contributed by atoms with Gasteiger partial charge < -0.3 is 24.6 Å². The van der Waals surface area contributed by atoms with E-state index in [2.05, 4.69) is 5.32 Å². The van der Waals surface area contributed by atoms with E-state index >= 15 is 0 Å². The molecule has 0 saturated heterocycles.